The third-order valence-corrected chi connectivity index (χ3v) is 6.78. The van der Waals surface area contributed by atoms with Crippen molar-refractivity contribution in [3.63, 3.8) is 0 Å². The molecule has 0 atom stereocenters. The van der Waals surface area contributed by atoms with Crippen molar-refractivity contribution < 1.29 is 4.79 Å². The summed E-state index contributed by atoms with van der Waals surface area (Å²) < 4.78 is 0. The van der Waals surface area contributed by atoms with Crippen molar-refractivity contribution in [1.29, 1.82) is 0 Å². The summed E-state index contributed by atoms with van der Waals surface area (Å²) in [4.78, 5) is 17.7. The minimum atomic E-state index is -0.00859. The highest BCUT2D eigenvalue weighted by Gasteiger charge is 2.25. The van der Waals surface area contributed by atoms with Gasteiger partial charge in [-0.2, -0.15) is 0 Å². The molecule has 0 bridgehead atoms. The maximum atomic E-state index is 12.8. The first kappa shape index (κ1) is 24.8. The van der Waals surface area contributed by atoms with Gasteiger partial charge >= 0.3 is 0 Å². The molecule has 1 aliphatic carbocycles. The molecule has 1 aromatic heterocycles. The molecule has 4 heteroatoms. The molecule has 1 heterocycles. The molecule has 4 nitrogen and oxygen atoms in total. The molecular formula is C29H39N3O. The number of benzene rings is 1. The molecule has 2 aromatic rings. The predicted molar refractivity (Wildman–Crippen MR) is 139 cm³/mol. The molecule has 0 aliphatic heterocycles. The molecule has 0 spiro atoms. The average Bonchev–Trinajstić information content (AvgIpc) is 2.80. The highest BCUT2D eigenvalue weighted by Crippen LogP contribution is 2.31. The molecule has 0 unspecified atom stereocenters. The van der Waals surface area contributed by atoms with Crippen LogP contribution in [0.2, 0.25) is 0 Å². The van der Waals surface area contributed by atoms with E-state index in [9.17, 15) is 4.79 Å². The van der Waals surface area contributed by atoms with Crippen molar-refractivity contribution in [3.05, 3.63) is 47.2 Å². The first-order valence-electron chi connectivity index (χ1n) is 12.3. The Bertz CT molecular complexity index is 1050. The smallest absolute Gasteiger partial charge is 0.247 e. The monoisotopic (exact) mass is 445 g/mol. The zero-order valence-corrected chi connectivity index (χ0v) is 20.9. The number of terminal acetylenes is 1. The number of rotatable bonds is 7. The minimum absolute atomic E-state index is 0.00859. The van der Waals surface area contributed by atoms with E-state index in [0.29, 0.717) is 12.5 Å². The van der Waals surface area contributed by atoms with Crippen molar-refractivity contribution in [2.75, 3.05) is 5.32 Å². The zero-order valence-electron chi connectivity index (χ0n) is 20.9. The number of fused-ring (bicyclic) bond motifs is 1. The molecule has 33 heavy (non-hydrogen) atoms. The Morgan fingerprint density at radius 1 is 1.15 bits per heavy atom. The number of carbonyl (C=O) groups excluding carboxylic acids is 1. The van der Waals surface area contributed by atoms with Crippen LogP contribution in [0.4, 0.5) is 5.69 Å². The number of allylic oxidation sites excluding steroid dienone is 1. The maximum Gasteiger partial charge on any atom is 0.247 e. The fourth-order valence-electron chi connectivity index (χ4n) is 4.59. The molecule has 2 N–H and O–H groups in total. The van der Waals surface area contributed by atoms with Crippen molar-refractivity contribution in [2.24, 2.45) is 0 Å². The quantitative estimate of drug-likeness (QED) is 0.377. The van der Waals surface area contributed by atoms with Crippen LogP contribution in [0.15, 0.2) is 41.5 Å². The molecule has 176 valence electrons. The normalized spacial score (nSPS) is 19.5. The lowest BCUT2D eigenvalue weighted by Crippen LogP contribution is -2.40. The Labute approximate surface area is 199 Å². The van der Waals surface area contributed by atoms with E-state index < -0.39 is 0 Å². The first-order valence-corrected chi connectivity index (χ1v) is 12.3. The number of para-hydroxylation sites is 1. The van der Waals surface area contributed by atoms with E-state index in [0.717, 1.165) is 61.0 Å². The van der Waals surface area contributed by atoms with Gasteiger partial charge in [-0.25, -0.2) is 0 Å². The Morgan fingerprint density at radius 2 is 1.82 bits per heavy atom. The summed E-state index contributed by atoms with van der Waals surface area (Å²) in [5, 5.41) is 8.24. The predicted octanol–water partition coefficient (Wildman–Crippen LogP) is 6.51. The summed E-state index contributed by atoms with van der Waals surface area (Å²) in [6, 6.07) is 11.2. The SMILES string of the molecule is C#CCC/C(CC)=C(\C)C(=O)NC1CCC(Nc2cc(C(C)(C)C)nc3ccccc23)CC1. The van der Waals surface area contributed by atoms with Gasteiger partial charge in [0.2, 0.25) is 5.91 Å². The molecule has 0 radical (unpaired) electrons. The van der Waals surface area contributed by atoms with Crippen LogP contribution in [0.3, 0.4) is 0 Å². The number of nitrogens with zero attached hydrogens (tertiary/aromatic N) is 1. The van der Waals surface area contributed by atoms with Gasteiger partial charge in [-0.05, 0) is 57.6 Å². The lowest BCUT2D eigenvalue weighted by molar-refractivity contribution is -0.118. The van der Waals surface area contributed by atoms with Crippen molar-refractivity contribution in [3.8, 4) is 12.3 Å². The second kappa shape index (κ2) is 10.9. The molecule has 1 saturated carbocycles. The van der Waals surface area contributed by atoms with Crippen LogP contribution in [-0.4, -0.2) is 23.0 Å². The van der Waals surface area contributed by atoms with Gasteiger partial charge in [0.05, 0.1) is 5.52 Å². The third kappa shape index (κ3) is 6.38. The van der Waals surface area contributed by atoms with Crippen LogP contribution in [0, 0.1) is 12.3 Å². The van der Waals surface area contributed by atoms with Crippen molar-refractivity contribution >= 4 is 22.5 Å². The number of amides is 1. The van der Waals surface area contributed by atoms with Crippen LogP contribution >= 0.6 is 0 Å². The summed E-state index contributed by atoms with van der Waals surface area (Å²) in [7, 11) is 0. The largest absolute Gasteiger partial charge is 0.382 e. The van der Waals surface area contributed by atoms with E-state index in [2.05, 4.69) is 68.5 Å². The van der Waals surface area contributed by atoms with Crippen LogP contribution in [-0.2, 0) is 10.2 Å². The Hall–Kier alpha value is -2.80. The van der Waals surface area contributed by atoms with E-state index in [4.69, 9.17) is 11.4 Å². The summed E-state index contributed by atoms with van der Waals surface area (Å²) in [6.45, 7) is 10.6. The average molecular weight is 446 g/mol. The number of hydrogen-bond acceptors (Lipinski definition) is 3. The van der Waals surface area contributed by atoms with Gasteiger partial charge in [-0.1, -0.05) is 51.5 Å². The standard InChI is InChI=1S/C29H39N3O/c1-7-9-12-21(8-2)20(3)28(33)31-23-17-15-22(16-18-23)30-26-19-27(29(4,5)6)32-25-14-11-10-13-24(25)26/h1,10-11,13-14,19,22-23H,8-9,12,15-18H2,2-6H3,(H,30,32)(H,31,33)/b21-20+. The summed E-state index contributed by atoms with van der Waals surface area (Å²) >= 11 is 0. The lowest BCUT2D eigenvalue weighted by atomic mass is 9.89. The number of anilines is 1. The lowest BCUT2D eigenvalue weighted by Gasteiger charge is -2.31. The summed E-state index contributed by atoms with van der Waals surface area (Å²) in [6.07, 6.45) is 11.8. The fraction of sp³-hybridized carbons (Fsp3) is 0.517. The van der Waals surface area contributed by atoms with E-state index in [1.165, 1.54) is 11.0 Å². The molecule has 0 saturated heterocycles. The van der Waals surface area contributed by atoms with E-state index >= 15 is 0 Å². The summed E-state index contributed by atoms with van der Waals surface area (Å²) in [5.41, 5.74) is 5.30. The number of carbonyl (C=O) groups is 1. The van der Waals surface area contributed by atoms with Crippen LogP contribution in [0.1, 0.15) is 85.3 Å². The van der Waals surface area contributed by atoms with Crippen molar-refractivity contribution in [2.45, 2.75) is 97.1 Å². The molecule has 1 aliphatic rings. The molecule has 3 rings (SSSR count). The highest BCUT2D eigenvalue weighted by molar-refractivity contribution is 5.94. The zero-order chi connectivity index (χ0) is 24.0. The number of hydrogen-bond donors (Lipinski definition) is 2. The van der Waals surface area contributed by atoms with Gasteiger partial charge < -0.3 is 10.6 Å². The topological polar surface area (TPSA) is 54.0 Å². The van der Waals surface area contributed by atoms with E-state index in [-0.39, 0.29) is 17.4 Å². The van der Waals surface area contributed by atoms with E-state index in [1.54, 1.807) is 0 Å². The Morgan fingerprint density at radius 3 is 2.45 bits per heavy atom. The van der Waals surface area contributed by atoms with Gasteiger partial charge in [0.25, 0.3) is 0 Å². The molecule has 1 amide bonds. The van der Waals surface area contributed by atoms with Crippen LogP contribution in [0.5, 0.6) is 0 Å². The van der Waals surface area contributed by atoms with Crippen molar-refractivity contribution in [1.82, 2.24) is 10.3 Å². The number of pyridine rings is 1. The van der Waals surface area contributed by atoms with Crippen LogP contribution in [0.25, 0.3) is 10.9 Å². The highest BCUT2D eigenvalue weighted by atomic mass is 16.1. The second-order valence-corrected chi connectivity index (χ2v) is 10.3. The molecular weight excluding hydrogens is 406 g/mol. The summed E-state index contributed by atoms with van der Waals surface area (Å²) in [5.74, 6) is 2.74. The van der Waals surface area contributed by atoms with E-state index in [1.807, 2.05) is 13.0 Å². The fourth-order valence-corrected chi connectivity index (χ4v) is 4.59. The second-order valence-electron chi connectivity index (χ2n) is 10.3. The molecule has 1 fully saturated rings. The van der Waals surface area contributed by atoms with Gasteiger partial charge in [-0.15, -0.1) is 12.3 Å². The van der Waals surface area contributed by atoms with Gasteiger partial charge in [0, 0.05) is 46.3 Å². The minimum Gasteiger partial charge on any atom is -0.382 e. The third-order valence-electron chi connectivity index (χ3n) is 6.78. The number of aromatic nitrogens is 1. The molecule has 1 aromatic carbocycles. The van der Waals surface area contributed by atoms with Crippen LogP contribution < -0.4 is 10.6 Å². The maximum absolute atomic E-state index is 12.8. The van der Waals surface area contributed by atoms with Gasteiger partial charge in [0.15, 0.2) is 0 Å². The van der Waals surface area contributed by atoms with Gasteiger partial charge in [-0.3, -0.25) is 9.78 Å². The Balaban J connectivity index is 1.64. The Kier molecular flexibility index (Phi) is 8.19. The van der Waals surface area contributed by atoms with Gasteiger partial charge in [0.1, 0.15) is 0 Å². The number of nitrogens with one attached hydrogen (secondary N) is 2. The first-order chi connectivity index (χ1) is 15.7.